The molecule has 122 valence electrons. The second kappa shape index (κ2) is 6.91. The van der Waals surface area contributed by atoms with E-state index in [1.807, 2.05) is 31.2 Å². The van der Waals surface area contributed by atoms with Gasteiger partial charge >= 0.3 is 0 Å². The van der Waals surface area contributed by atoms with Crippen LogP contribution in [-0.2, 0) is 11.3 Å². The van der Waals surface area contributed by atoms with Crippen molar-refractivity contribution in [1.29, 1.82) is 0 Å². The number of benzene rings is 2. The average molecular weight is 406 g/mol. The highest BCUT2D eigenvalue weighted by Gasteiger charge is 2.34. The molecular formula is C18H13BrFNO2S. The largest absolute Gasteiger partial charge is 0.293 e. The quantitative estimate of drug-likeness (QED) is 0.663. The summed E-state index contributed by atoms with van der Waals surface area (Å²) in [5.74, 6) is -0.703. The first-order valence-electron chi connectivity index (χ1n) is 7.20. The van der Waals surface area contributed by atoms with E-state index in [0.717, 1.165) is 22.9 Å². The van der Waals surface area contributed by atoms with E-state index in [9.17, 15) is 14.0 Å². The molecule has 3 rings (SSSR count). The molecule has 1 aliphatic rings. The molecule has 0 saturated carbocycles. The molecule has 2 aromatic rings. The minimum absolute atomic E-state index is 0.245. The molecule has 0 bridgehead atoms. The molecule has 0 aromatic heterocycles. The number of imide groups is 1. The number of carbonyl (C=O) groups is 2. The van der Waals surface area contributed by atoms with Crippen LogP contribution in [0.25, 0.3) is 6.08 Å². The zero-order valence-electron chi connectivity index (χ0n) is 12.8. The Hall–Kier alpha value is -1.92. The van der Waals surface area contributed by atoms with Gasteiger partial charge in [0.05, 0.1) is 15.9 Å². The van der Waals surface area contributed by atoms with E-state index in [4.69, 9.17) is 0 Å². The molecule has 0 spiro atoms. The number of hydrogen-bond donors (Lipinski definition) is 0. The van der Waals surface area contributed by atoms with E-state index in [-0.39, 0.29) is 23.5 Å². The molecule has 6 heteroatoms. The average Bonchev–Trinajstić information content (AvgIpc) is 2.80. The Bertz CT molecular complexity index is 849. The molecule has 0 unspecified atom stereocenters. The van der Waals surface area contributed by atoms with Gasteiger partial charge in [0.15, 0.2) is 0 Å². The number of halogens is 2. The highest BCUT2D eigenvalue weighted by Crippen LogP contribution is 2.33. The summed E-state index contributed by atoms with van der Waals surface area (Å²) >= 11 is 4.01. The zero-order valence-corrected chi connectivity index (χ0v) is 15.2. The first-order valence-corrected chi connectivity index (χ1v) is 8.81. The van der Waals surface area contributed by atoms with Gasteiger partial charge in [0.2, 0.25) is 0 Å². The van der Waals surface area contributed by atoms with Crippen LogP contribution in [-0.4, -0.2) is 16.0 Å². The van der Waals surface area contributed by atoms with Crippen LogP contribution in [0.4, 0.5) is 9.18 Å². The molecule has 0 aliphatic carbocycles. The Morgan fingerprint density at radius 1 is 1.17 bits per heavy atom. The SMILES string of the molecule is Cc1ccc(CN2C(=O)S/C(=C\c3ccc(F)c(Br)c3)C2=O)cc1. The summed E-state index contributed by atoms with van der Waals surface area (Å²) < 4.78 is 13.6. The molecule has 3 nitrogen and oxygen atoms in total. The third kappa shape index (κ3) is 3.60. The molecule has 24 heavy (non-hydrogen) atoms. The fraction of sp³-hybridized carbons (Fsp3) is 0.111. The van der Waals surface area contributed by atoms with Gasteiger partial charge in [-0.05, 0) is 64.0 Å². The molecular weight excluding hydrogens is 393 g/mol. The van der Waals surface area contributed by atoms with Gasteiger partial charge < -0.3 is 0 Å². The predicted octanol–water partition coefficient (Wildman–Crippen LogP) is 5.13. The van der Waals surface area contributed by atoms with Gasteiger partial charge in [-0.25, -0.2) is 4.39 Å². The first kappa shape index (κ1) is 16.9. The molecule has 1 aliphatic heterocycles. The van der Waals surface area contributed by atoms with Crippen LogP contribution >= 0.6 is 27.7 Å². The van der Waals surface area contributed by atoms with Crippen molar-refractivity contribution in [2.24, 2.45) is 0 Å². The molecule has 0 radical (unpaired) electrons. The summed E-state index contributed by atoms with van der Waals surface area (Å²) in [4.78, 5) is 26.2. The van der Waals surface area contributed by atoms with Crippen molar-refractivity contribution < 1.29 is 14.0 Å². The predicted molar refractivity (Wildman–Crippen MR) is 96.8 cm³/mol. The van der Waals surface area contributed by atoms with Crippen molar-refractivity contribution in [3.05, 3.63) is 74.4 Å². The third-order valence-electron chi connectivity index (χ3n) is 3.58. The van der Waals surface area contributed by atoms with E-state index < -0.39 is 0 Å². The molecule has 2 amide bonds. The molecule has 1 heterocycles. The van der Waals surface area contributed by atoms with Crippen LogP contribution in [0, 0.1) is 12.7 Å². The van der Waals surface area contributed by atoms with Crippen molar-refractivity contribution in [2.45, 2.75) is 13.5 Å². The van der Waals surface area contributed by atoms with Crippen LogP contribution in [0.5, 0.6) is 0 Å². The monoisotopic (exact) mass is 405 g/mol. The van der Waals surface area contributed by atoms with Crippen LogP contribution in [0.2, 0.25) is 0 Å². The van der Waals surface area contributed by atoms with Gasteiger partial charge in [0.1, 0.15) is 5.82 Å². The van der Waals surface area contributed by atoms with Crippen molar-refractivity contribution in [1.82, 2.24) is 4.90 Å². The fourth-order valence-corrected chi connectivity index (χ4v) is 3.50. The molecule has 1 fully saturated rings. The van der Waals surface area contributed by atoms with Gasteiger partial charge in [0, 0.05) is 0 Å². The maximum atomic E-state index is 13.3. The lowest BCUT2D eigenvalue weighted by Crippen LogP contribution is -2.27. The Morgan fingerprint density at radius 2 is 1.88 bits per heavy atom. The van der Waals surface area contributed by atoms with E-state index >= 15 is 0 Å². The van der Waals surface area contributed by atoms with Gasteiger partial charge in [-0.1, -0.05) is 35.9 Å². The maximum Gasteiger partial charge on any atom is 0.293 e. The maximum absolute atomic E-state index is 13.3. The van der Waals surface area contributed by atoms with E-state index in [1.54, 1.807) is 18.2 Å². The van der Waals surface area contributed by atoms with Crippen LogP contribution < -0.4 is 0 Å². The standard InChI is InChI=1S/C18H13BrFNO2S/c1-11-2-4-12(5-3-11)10-21-17(22)16(24-18(21)23)9-13-6-7-15(20)14(19)8-13/h2-9H,10H2,1H3/b16-9-. The smallest absolute Gasteiger partial charge is 0.268 e. The number of hydrogen-bond acceptors (Lipinski definition) is 3. The number of nitrogens with zero attached hydrogens (tertiary/aromatic N) is 1. The minimum atomic E-state index is -0.375. The Balaban J connectivity index is 1.81. The van der Waals surface area contributed by atoms with Crippen LogP contribution in [0.15, 0.2) is 51.8 Å². The molecule has 0 N–H and O–H groups in total. The Labute approximate surface area is 151 Å². The summed E-state index contributed by atoms with van der Waals surface area (Å²) in [5.41, 5.74) is 2.67. The van der Waals surface area contributed by atoms with Gasteiger partial charge in [-0.15, -0.1) is 0 Å². The molecule has 0 atom stereocenters. The zero-order chi connectivity index (χ0) is 17.3. The highest BCUT2D eigenvalue weighted by atomic mass is 79.9. The first-order chi connectivity index (χ1) is 11.4. The second-order valence-electron chi connectivity index (χ2n) is 5.43. The number of thioether (sulfide) groups is 1. The van der Waals surface area contributed by atoms with Crippen molar-refractivity contribution in [3.63, 3.8) is 0 Å². The van der Waals surface area contributed by atoms with Gasteiger partial charge in [-0.3, -0.25) is 14.5 Å². The summed E-state index contributed by atoms with van der Waals surface area (Å²) in [6, 6.07) is 12.1. The van der Waals surface area contributed by atoms with Gasteiger partial charge in [-0.2, -0.15) is 0 Å². The van der Waals surface area contributed by atoms with E-state index in [1.165, 1.54) is 11.0 Å². The second-order valence-corrected chi connectivity index (χ2v) is 7.27. The van der Waals surface area contributed by atoms with Crippen LogP contribution in [0.1, 0.15) is 16.7 Å². The number of carbonyl (C=O) groups excluding carboxylic acids is 2. The lowest BCUT2D eigenvalue weighted by atomic mass is 10.1. The summed E-state index contributed by atoms with van der Waals surface area (Å²) in [6.45, 7) is 2.23. The highest BCUT2D eigenvalue weighted by molar-refractivity contribution is 9.10. The third-order valence-corrected chi connectivity index (χ3v) is 5.09. The van der Waals surface area contributed by atoms with Crippen LogP contribution in [0.3, 0.4) is 0 Å². The fourth-order valence-electron chi connectivity index (χ4n) is 2.27. The molecule has 2 aromatic carbocycles. The number of amides is 2. The van der Waals surface area contributed by atoms with Gasteiger partial charge in [0.25, 0.3) is 11.1 Å². The van der Waals surface area contributed by atoms with E-state index in [2.05, 4.69) is 15.9 Å². The normalized spacial score (nSPS) is 16.3. The molecule has 1 saturated heterocycles. The summed E-state index contributed by atoms with van der Waals surface area (Å²) in [5, 5.41) is -0.298. The van der Waals surface area contributed by atoms with E-state index in [0.29, 0.717) is 14.9 Å². The lowest BCUT2D eigenvalue weighted by Gasteiger charge is -2.12. The Morgan fingerprint density at radius 3 is 2.54 bits per heavy atom. The number of rotatable bonds is 3. The van der Waals surface area contributed by atoms with Crippen molar-refractivity contribution >= 4 is 44.9 Å². The summed E-state index contributed by atoms with van der Waals surface area (Å²) in [7, 11) is 0. The van der Waals surface area contributed by atoms with Crippen molar-refractivity contribution in [3.8, 4) is 0 Å². The number of aryl methyl sites for hydroxylation is 1. The Kier molecular flexibility index (Phi) is 4.87. The minimum Gasteiger partial charge on any atom is -0.268 e. The van der Waals surface area contributed by atoms with Crippen molar-refractivity contribution in [2.75, 3.05) is 0 Å². The lowest BCUT2D eigenvalue weighted by molar-refractivity contribution is -0.123. The summed E-state index contributed by atoms with van der Waals surface area (Å²) in [6.07, 6.45) is 1.60. The topological polar surface area (TPSA) is 37.4 Å².